The molecule has 3 aromatic rings. The summed E-state index contributed by atoms with van der Waals surface area (Å²) in [6.45, 7) is 10.0. The summed E-state index contributed by atoms with van der Waals surface area (Å²) in [6, 6.07) is 10.8. The molecule has 0 spiro atoms. The Labute approximate surface area is 195 Å². The number of ether oxygens (including phenoxy) is 1. The Kier molecular flexibility index (Phi) is 6.21. The van der Waals surface area contributed by atoms with Gasteiger partial charge in [0.1, 0.15) is 0 Å². The van der Waals surface area contributed by atoms with Crippen LogP contribution in [0.5, 0.6) is 0 Å². The first-order chi connectivity index (χ1) is 16.0. The van der Waals surface area contributed by atoms with Crippen LogP contribution in [0, 0.1) is 6.92 Å². The predicted octanol–water partition coefficient (Wildman–Crippen LogP) is 4.35. The summed E-state index contributed by atoms with van der Waals surface area (Å²) in [7, 11) is 0. The zero-order valence-corrected chi connectivity index (χ0v) is 19.9. The Balaban J connectivity index is 1.40. The van der Waals surface area contributed by atoms with Crippen LogP contribution in [0.4, 0.5) is 0 Å². The maximum Gasteiger partial charge on any atom is 0.236 e. The molecule has 6 nitrogen and oxygen atoms in total. The molecule has 0 aliphatic carbocycles. The van der Waals surface area contributed by atoms with Crippen LogP contribution in [0.2, 0.25) is 0 Å². The Bertz CT molecular complexity index is 1120. The van der Waals surface area contributed by atoms with Crippen molar-refractivity contribution in [3.63, 3.8) is 0 Å². The average molecular weight is 447 g/mol. The minimum absolute atomic E-state index is 0.174. The van der Waals surface area contributed by atoms with Crippen molar-refractivity contribution in [1.29, 1.82) is 0 Å². The van der Waals surface area contributed by atoms with Crippen molar-refractivity contribution in [2.75, 3.05) is 32.7 Å². The molecule has 1 N–H and O–H groups in total. The van der Waals surface area contributed by atoms with E-state index in [4.69, 9.17) is 4.74 Å². The topological polar surface area (TPSA) is 61.5 Å². The molecule has 0 radical (unpaired) electrons. The molecule has 1 amide bonds. The summed E-state index contributed by atoms with van der Waals surface area (Å²) in [5.74, 6) is 0.527. The van der Waals surface area contributed by atoms with Gasteiger partial charge >= 0.3 is 0 Å². The van der Waals surface area contributed by atoms with E-state index in [-0.39, 0.29) is 18.1 Å². The fraction of sp³-hybridized carbons (Fsp3) is 0.481. The number of morpholine rings is 1. The molecule has 2 saturated heterocycles. The van der Waals surface area contributed by atoms with Gasteiger partial charge in [0.15, 0.2) is 0 Å². The van der Waals surface area contributed by atoms with E-state index in [1.165, 1.54) is 27.8 Å². The van der Waals surface area contributed by atoms with E-state index in [0.29, 0.717) is 12.5 Å². The lowest BCUT2D eigenvalue weighted by Crippen LogP contribution is -2.51. The third kappa shape index (κ3) is 4.68. The predicted molar refractivity (Wildman–Crippen MR) is 131 cm³/mol. The second-order valence-electron chi connectivity index (χ2n) is 9.83. The quantitative estimate of drug-likeness (QED) is 0.647. The van der Waals surface area contributed by atoms with Crippen molar-refractivity contribution in [3.8, 4) is 11.1 Å². The minimum Gasteiger partial charge on any atom is -0.373 e. The van der Waals surface area contributed by atoms with Gasteiger partial charge in [-0.25, -0.2) is 0 Å². The number of carbonyl (C=O) groups excluding carboxylic acids is 1. The molecule has 6 heteroatoms. The Morgan fingerprint density at radius 2 is 1.88 bits per heavy atom. The molecule has 174 valence electrons. The van der Waals surface area contributed by atoms with Crippen LogP contribution in [0.25, 0.3) is 22.0 Å². The molecule has 1 aromatic carbocycles. The van der Waals surface area contributed by atoms with Crippen molar-refractivity contribution in [3.05, 3.63) is 54.0 Å². The number of aromatic nitrogens is 2. The van der Waals surface area contributed by atoms with Gasteiger partial charge in [-0.05, 0) is 63.4 Å². The highest BCUT2D eigenvalue weighted by molar-refractivity contribution is 5.98. The van der Waals surface area contributed by atoms with Crippen LogP contribution in [0.1, 0.15) is 43.9 Å². The summed E-state index contributed by atoms with van der Waals surface area (Å²) in [5, 5.41) is 1.25. The number of rotatable bonds is 4. The van der Waals surface area contributed by atoms with Crippen LogP contribution in [-0.2, 0) is 9.53 Å². The summed E-state index contributed by atoms with van der Waals surface area (Å²) >= 11 is 0. The second-order valence-corrected chi connectivity index (χ2v) is 9.83. The number of H-pyrrole nitrogens is 1. The van der Waals surface area contributed by atoms with Crippen molar-refractivity contribution < 1.29 is 9.53 Å². The molecule has 3 atom stereocenters. The first kappa shape index (κ1) is 22.1. The summed E-state index contributed by atoms with van der Waals surface area (Å²) in [4.78, 5) is 25.5. The molecule has 2 aliphatic rings. The summed E-state index contributed by atoms with van der Waals surface area (Å²) in [5.41, 5.74) is 6.08. The fourth-order valence-corrected chi connectivity index (χ4v) is 5.61. The molecular formula is C27H34N4O2. The van der Waals surface area contributed by atoms with Gasteiger partial charge in [-0.15, -0.1) is 0 Å². The summed E-state index contributed by atoms with van der Waals surface area (Å²) in [6.07, 6.45) is 6.17. The van der Waals surface area contributed by atoms with Crippen molar-refractivity contribution in [2.24, 2.45) is 0 Å². The van der Waals surface area contributed by atoms with Gasteiger partial charge in [-0.2, -0.15) is 0 Å². The monoisotopic (exact) mass is 446 g/mol. The molecular weight excluding hydrogens is 412 g/mol. The Morgan fingerprint density at radius 3 is 2.64 bits per heavy atom. The first-order valence-corrected chi connectivity index (χ1v) is 12.2. The Morgan fingerprint density at radius 1 is 1.12 bits per heavy atom. The summed E-state index contributed by atoms with van der Waals surface area (Å²) < 4.78 is 5.84. The van der Waals surface area contributed by atoms with Crippen molar-refractivity contribution in [2.45, 2.75) is 51.7 Å². The van der Waals surface area contributed by atoms with Gasteiger partial charge in [0.05, 0.1) is 18.8 Å². The van der Waals surface area contributed by atoms with Gasteiger partial charge in [-0.1, -0.05) is 11.6 Å². The second kappa shape index (κ2) is 9.27. The third-order valence-electron chi connectivity index (χ3n) is 6.99. The third-order valence-corrected chi connectivity index (χ3v) is 6.99. The number of hydrogen-bond donors (Lipinski definition) is 1. The number of benzene rings is 1. The van der Waals surface area contributed by atoms with Crippen LogP contribution in [-0.4, -0.2) is 70.6 Å². The number of piperidine rings is 1. The van der Waals surface area contributed by atoms with Crippen molar-refractivity contribution >= 4 is 16.8 Å². The van der Waals surface area contributed by atoms with E-state index in [1.807, 2.05) is 12.4 Å². The number of pyridine rings is 1. The number of fused-ring (bicyclic) bond motifs is 1. The number of carbonyl (C=O) groups is 1. The smallest absolute Gasteiger partial charge is 0.236 e. The van der Waals surface area contributed by atoms with E-state index >= 15 is 0 Å². The highest BCUT2D eigenvalue weighted by atomic mass is 16.5. The maximum absolute atomic E-state index is 13.3. The molecule has 0 saturated carbocycles. The van der Waals surface area contributed by atoms with Crippen LogP contribution < -0.4 is 0 Å². The highest BCUT2D eigenvalue weighted by Crippen LogP contribution is 2.39. The van der Waals surface area contributed by atoms with Crippen LogP contribution >= 0.6 is 0 Å². The number of aromatic amines is 1. The van der Waals surface area contributed by atoms with Crippen LogP contribution in [0.3, 0.4) is 0 Å². The standard InChI is InChI=1S/C27H34N4O2/c1-18-6-7-24-23(13-18)26(21-8-10-28-11-9-21)27(29-24)22-5-4-12-31(16-22)25(32)17-30-14-19(2)33-20(3)15-30/h6-11,13,19-20,22,29H,4-5,12,14-17H2,1-3H3/t19-,20+,22-/m1/s1. The average Bonchev–Trinajstić information content (AvgIpc) is 3.17. The van der Waals surface area contributed by atoms with E-state index in [1.54, 1.807) is 0 Å². The van der Waals surface area contributed by atoms with Gasteiger partial charge in [0, 0.05) is 66.7 Å². The van der Waals surface area contributed by atoms with Gasteiger partial charge in [0.25, 0.3) is 0 Å². The molecule has 2 aromatic heterocycles. The highest BCUT2D eigenvalue weighted by Gasteiger charge is 2.31. The van der Waals surface area contributed by atoms with E-state index in [9.17, 15) is 4.79 Å². The van der Waals surface area contributed by atoms with Crippen LogP contribution in [0.15, 0.2) is 42.7 Å². The fourth-order valence-electron chi connectivity index (χ4n) is 5.61. The van der Waals surface area contributed by atoms with Gasteiger partial charge in [-0.3, -0.25) is 14.7 Å². The Hall–Kier alpha value is -2.70. The molecule has 0 bridgehead atoms. The number of nitrogens with zero attached hydrogens (tertiary/aromatic N) is 3. The maximum atomic E-state index is 13.3. The van der Waals surface area contributed by atoms with Crippen molar-refractivity contribution in [1.82, 2.24) is 19.8 Å². The minimum atomic E-state index is 0.174. The molecule has 0 unspecified atom stereocenters. The number of nitrogens with one attached hydrogen (secondary N) is 1. The number of aryl methyl sites for hydroxylation is 1. The normalized spacial score (nSPS) is 24.3. The lowest BCUT2D eigenvalue weighted by molar-refractivity contribution is -0.137. The molecule has 5 rings (SSSR count). The zero-order valence-electron chi connectivity index (χ0n) is 19.9. The SMILES string of the molecule is Cc1ccc2[nH]c([C@@H]3CCCN(C(=O)CN4C[C@@H](C)O[C@@H](C)C4)C3)c(-c3ccncc3)c2c1. The lowest BCUT2D eigenvalue weighted by Gasteiger charge is -2.38. The molecule has 2 aliphatic heterocycles. The van der Waals surface area contributed by atoms with Gasteiger partial charge < -0.3 is 14.6 Å². The largest absolute Gasteiger partial charge is 0.373 e. The van der Waals surface area contributed by atoms with E-state index < -0.39 is 0 Å². The first-order valence-electron chi connectivity index (χ1n) is 12.2. The molecule has 4 heterocycles. The molecule has 2 fully saturated rings. The van der Waals surface area contributed by atoms with Gasteiger partial charge in [0.2, 0.25) is 5.91 Å². The van der Waals surface area contributed by atoms with E-state index in [2.05, 4.69) is 70.9 Å². The number of hydrogen-bond acceptors (Lipinski definition) is 4. The number of amides is 1. The molecule has 33 heavy (non-hydrogen) atoms. The lowest BCUT2D eigenvalue weighted by atomic mass is 9.89. The van der Waals surface area contributed by atoms with E-state index in [0.717, 1.165) is 44.5 Å². The zero-order chi connectivity index (χ0) is 22.9. The number of likely N-dealkylation sites (tertiary alicyclic amines) is 1.